The Hall–Kier alpha value is -1.01. The maximum absolute atomic E-state index is 11.6. The van der Waals surface area contributed by atoms with Crippen molar-refractivity contribution in [2.45, 2.75) is 24.9 Å². The van der Waals surface area contributed by atoms with Crippen molar-refractivity contribution < 1.29 is 19.1 Å². The first-order chi connectivity index (χ1) is 7.74. The number of halogens is 1. The van der Waals surface area contributed by atoms with Gasteiger partial charge in [0.05, 0.1) is 7.11 Å². The number of nitrogens with zero attached hydrogens (tertiary/aromatic N) is 1. The molecule has 6 nitrogen and oxygen atoms in total. The molecule has 0 aromatic rings. The van der Waals surface area contributed by atoms with E-state index in [1.54, 1.807) is 0 Å². The number of rotatable bonds is 2. The Labute approximate surface area is 106 Å². The molecule has 17 heavy (non-hydrogen) atoms. The zero-order chi connectivity index (χ0) is 11.5. The van der Waals surface area contributed by atoms with Gasteiger partial charge in [-0.3, -0.25) is 4.90 Å². The molecule has 7 heteroatoms. The Morgan fingerprint density at radius 2 is 2.12 bits per heavy atom. The summed E-state index contributed by atoms with van der Waals surface area (Å²) in [6.07, 6.45) is 1.30. The van der Waals surface area contributed by atoms with Gasteiger partial charge in [0.25, 0.3) is 0 Å². The molecular formula is C10H17ClN2O4. The fraction of sp³-hybridized carbons (Fsp3) is 0.800. The van der Waals surface area contributed by atoms with Crippen molar-refractivity contribution >= 4 is 24.5 Å². The number of amides is 1. The van der Waals surface area contributed by atoms with E-state index in [0.29, 0.717) is 0 Å². The number of methoxy groups -OCH3 is 1. The number of piperidine rings is 1. The Morgan fingerprint density at radius 1 is 1.47 bits per heavy atom. The van der Waals surface area contributed by atoms with Crippen molar-refractivity contribution in [2.75, 3.05) is 26.8 Å². The van der Waals surface area contributed by atoms with Crippen LogP contribution in [0.4, 0.5) is 4.79 Å². The van der Waals surface area contributed by atoms with E-state index in [2.05, 4.69) is 10.1 Å². The lowest BCUT2D eigenvalue weighted by Gasteiger charge is -2.32. The minimum Gasteiger partial charge on any atom is -0.467 e. The van der Waals surface area contributed by atoms with Gasteiger partial charge in [-0.15, -0.1) is 12.4 Å². The second-order valence-corrected chi connectivity index (χ2v) is 4.00. The van der Waals surface area contributed by atoms with E-state index in [4.69, 9.17) is 4.74 Å². The quantitative estimate of drug-likeness (QED) is 0.720. The standard InChI is InChI=1S/C10H16N2O4.ClH/c1-15-9(13)8-6-16-10(14)12(8)7-2-4-11-5-3-7;/h7-8,11H,2-6H2,1H3;1H. The van der Waals surface area contributed by atoms with Crippen molar-refractivity contribution in [3.8, 4) is 0 Å². The topological polar surface area (TPSA) is 67.9 Å². The average molecular weight is 265 g/mol. The third kappa shape index (κ3) is 2.81. The third-order valence-corrected chi connectivity index (χ3v) is 3.09. The Bertz CT molecular complexity index is 294. The van der Waals surface area contributed by atoms with Crippen LogP contribution in [-0.2, 0) is 14.3 Å². The van der Waals surface area contributed by atoms with Gasteiger partial charge >= 0.3 is 12.1 Å². The van der Waals surface area contributed by atoms with Crippen molar-refractivity contribution in [3.63, 3.8) is 0 Å². The van der Waals surface area contributed by atoms with Gasteiger partial charge in [0.1, 0.15) is 6.61 Å². The van der Waals surface area contributed by atoms with Gasteiger partial charge in [0, 0.05) is 6.04 Å². The largest absolute Gasteiger partial charge is 0.467 e. The molecule has 98 valence electrons. The fourth-order valence-electron chi connectivity index (χ4n) is 2.24. The molecule has 2 aliphatic heterocycles. The van der Waals surface area contributed by atoms with Gasteiger partial charge in [0.15, 0.2) is 6.04 Å². The number of esters is 1. The van der Waals surface area contributed by atoms with E-state index < -0.39 is 18.1 Å². The predicted molar refractivity (Wildman–Crippen MR) is 62.1 cm³/mol. The maximum atomic E-state index is 11.6. The first-order valence-corrected chi connectivity index (χ1v) is 5.47. The van der Waals surface area contributed by atoms with Gasteiger partial charge in [0.2, 0.25) is 0 Å². The summed E-state index contributed by atoms with van der Waals surface area (Å²) in [6, 6.07) is -0.485. The zero-order valence-electron chi connectivity index (χ0n) is 9.68. The van der Waals surface area contributed by atoms with E-state index in [1.165, 1.54) is 12.0 Å². The van der Waals surface area contributed by atoms with Crippen molar-refractivity contribution in [2.24, 2.45) is 0 Å². The van der Waals surface area contributed by atoms with Crippen LogP contribution in [0.3, 0.4) is 0 Å². The number of cyclic esters (lactones) is 1. The van der Waals surface area contributed by atoms with Gasteiger partial charge in [-0.2, -0.15) is 0 Å². The summed E-state index contributed by atoms with van der Waals surface area (Å²) < 4.78 is 9.60. The first kappa shape index (κ1) is 14.1. The lowest BCUT2D eigenvalue weighted by Crippen LogP contribution is -2.50. The molecule has 1 unspecified atom stereocenters. The van der Waals surface area contributed by atoms with Crippen LogP contribution in [0.5, 0.6) is 0 Å². The van der Waals surface area contributed by atoms with Crippen LogP contribution in [0.25, 0.3) is 0 Å². The predicted octanol–water partition coefficient (Wildman–Crippen LogP) is 0.154. The second kappa shape index (κ2) is 6.07. The minimum atomic E-state index is -0.569. The van der Waals surface area contributed by atoms with E-state index >= 15 is 0 Å². The summed E-state index contributed by atoms with van der Waals surface area (Å²) in [6.45, 7) is 1.83. The van der Waals surface area contributed by atoms with E-state index in [1.807, 2.05) is 0 Å². The monoisotopic (exact) mass is 264 g/mol. The van der Waals surface area contributed by atoms with Crippen LogP contribution < -0.4 is 5.32 Å². The minimum absolute atomic E-state index is 0. The first-order valence-electron chi connectivity index (χ1n) is 5.47. The van der Waals surface area contributed by atoms with Gasteiger partial charge in [-0.1, -0.05) is 0 Å². The normalized spacial score (nSPS) is 25.1. The molecule has 0 bridgehead atoms. The molecule has 2 aliphatic rings. The number of hydrogen-bond donors (Lipinski definition) is 1. The van der Waals surface area contributed by atoms with E-state index in [9.17, 15) is 9.59 Å². The molecule has 0 saturated carbocycles. The summed E-state index contributed by atoms with van der Waals surface area (Å²) >= 11 is 0. The van der Waals surface area contributed by atoms with Crippen LogP contribution >= 0.6 is 12.4 Å². The lowest BCUT2D eigenvalue weighted by atomic mass is 10.0. The van der Waals surface area contributed by atoms with E-state index in [-0.39, 0.29) is 25.1 Å². The SMILES string of the molecule is COC(=O)C1COC(=O)N1C1CCNCC1.Cl. The summed E-state index contributed by atoms with van der Waals surface area (Å²) in [4.78, 5) is 24.6. The molecule has 0 aromatic carbocycles. The summed E-state index contributed by atoms with van der Waals surface area (Å²) in [5, 5.41) is 3.22. The van der Waals surface area contributed by atoms with Crippen LogP contribution in [0.1, 0.15) is 12.8 Å². The number of carbonyl (C=O) groups excluding carboxylic acids is 2. The number of ether oxygens (including phenoxy) is 2. The molecule has 1 amide bonds. The lowest BCUT2D eigenvalue weighted by molar-refractivity contribution is -0.145. The molecule has 0 spiro atoms. The number of hydrogen-bond acceptors (Lipinski definition) is 5. The van der Waals surface area contributed by atoms with Crippen LogP contribution in [0.15, 0.2) is 0 Å². The Morgan fingerprint density at radius 3 is 2.71 bits per heavy atom. The smallest absolute Gasteiger partial charge is 0.410 e. The molecule has 2 heterocycles. The molecule has 2 rings (SSSR count). The molecule has 2 fully saturated rings. The van der Waals surface area contributed by atoms with Gasteiger partial charge in [-0.05, 0) is 25.9 Å². The van der Waals surface area contributed by atoms with Crippen LogP contribution in [-0.4, -0.2) is 55.9 Å². The zero-order valence-corrected chi connectivity index (χ0v) is 10.5. The fourth-order valence-corrected chi connectivity index (χ4v) is 2.24. The highest BCUT2D eigenvalue weighted by Gasteiger charge is 2.43. The van der Waals surface area contributed by atoms with Crippen molar-refractivity contribution in [1.82, 2.24) is 10.2 Å². The van der Waals surface area contributed by atoms with Crippen molar-refractivity contribution in [3.05, 3.63) is 0 Å². The third-order valence-electron chi connectivity index (χ3n) is 3.09. The highest BCUT2D eigenvalue weighted by Crippen LogP contribution is 2.22. The highest BCUT2D eigenvalue weighted by molar-refractivity contribution is 5.85. The summed E-state index contributed by atoms with van der Waals surface area (Å²) in [5.41, 5.74) is 0. The highest BCUT2D eigenvalue weighted by atomic mass is 35.5. The second-order valence-electron chi connectivity index (χ2n) is 4.00. The molecule has 0 aliphatic carbocycles. The molecule has 0 radical (unpaired) electrons. The Balaban J connectivity index is 0.00000144. The maximum Gasteiger partial charge on any atom is 0.410 e. The number of nitrogens with one attached hydrogen (secondary N) is 1. The molecule has 1 atom stereocenters. The van der Waals surface area contributed by atoms with Crippen molar-refractivity contribution in [1.29, 1.82) is 0 Å². The van der Waals surface area contributed by atoms with Gasteiger partial charge in [-0.25, -0.2) is 9.59 Å². The van der Waals surface area contributed by atoms with E-state index in [0.717, 1.165) is 25.9 Å². The molecular weight excluding hydrogens is 248 g/mol. The molecule has 1 N–H and O–H groups in total. The number of carbonyl (C=O) groups is 2. The summed E-state index contributed by atoms with van der Waals surface area (Å²) in [7, 11) is 1.33. The van der Waals surface area contributed by atoms with Gasteiger partial charge < -0.3 is 14.8 Å². The van der Waals surface area contributed by atoms with Crippen LogP contribution in [0.2, 0.25) is 0 Å². The molecule has 0 aromatic heterocycles. The Kier molecular flexibility index (Phi) is 5.02. The van der Waals surface area contributed by atoms with Crippen LogP contribution in [0, 0.1) is 0 Å². The molecule has 2 saturated heterocycles. The average Bonchev–Trinajstić information content (AvgIpc) is 2.71. The summed E-state index contributed by atoms with van der Waals surface area (Å²) in [5.74, 6) is -0.399.